The molecule has 1 aromatic carbocycles. The average molecular weight is 191 g/mol. The van der Waals surface area contributed by atoms with Gasteiger partial charge < -0.3 is 0 Å². The molecule has 0 spiro atoms. The lowest BCUT2D eigenvalue weighted by Gasteiger charge is -1.97. The fraction of sp³-hybridized carbons (Fsp3) is 0. The Hall–Kier alpha value is -1.17. The van der Waals surface area contributed by atoms with Gasteiger partial charge in [-0.15, -0.1) is 12.6 Å². The lowest BCUT2D eigenvalue weighted by atomic mass is 10.3. The highest BCUT2D eigenvalue weighted by atomic mass is 32.1. The summed E-state index contributed by atoms with van der Waals surface area (Å²) < 4.78 is 25.2. The predicted molar refractivity (Wildman–Crippen MR) is 40.3 cm³/mol. The van der Waals surface area contributed by atoms with Crippen LogP contribution in [0.4, 0.5) is 14.5 Å². The molecule has 12 heavy (non-hydrogen) atoms. The van der Waals surface area contributed by atoms with Crippen LogP contribution in [0, 0.1) is 21.7 Å². The zero-order chi connectivity index (χ0) is 9.30. The summed E-state index contributed by atoms with van der Waals surface area (Å²) in [7, 11) is 0. The van der Waals surface area contributed by atoms with E-state index in [4.69, 9.17) is 0 Å². The zero-order valence-electron chi connectivity index (χ0n) is 5.62. The number of rotatable bonds is 1. The number of benzene rings is 1. The van der Waals surface area contributed by atoms with Gasteiger partial charge >= 0.3 is 5.69 Å². The molecule has 0 amide bonds. The molecule has 0 aliphatic carbocycles. The number of nitrogens with zero attached hydrogens (tertiary/aromatic N) is 1. The maximum atomic E-state index is 12.8. The molecule has 0 bridgehead atoms. The lowest BCUT2D eigenvalue weighted by Crippen LogP contribution is -1.94. The van der Waals surface area contributed by atoms with Gasteiger partial charge in [-0.2, -0.15) is 4.39 Å². The maximum absolute atomic E-state index is 12.8. The van der Waals surface area contributed by atoms with Crippen molar-refractivity contribution in [2.45, 2.75) is 4.90 Å². The molecule has 0 fully saturated rings. The zero-order valence-corrected chi connectivity index (χ0v) is 6.52. The van der Waals surface area contributed by atoms with Crippen molar-refractivity contribution in [2.24, 2.45) is 0 Å². The van der Waals surface area contributed by atoms with Gasteiger partial charge in [0.1, 0.15) is 5.82 Å². The van der Waals surface area contributed by atoms with Crippen LogP contribution in [0.3, 0.4) is 0 Å². The molecule has 0 heterocycles. The Bertz CT molecular complexity index is 343. The average Bonchev–Trinajstić information content (AvgIpc) is 2.00. The Kier molecular flexibility index (Phi) is 2.27. The first-order valence-electron chi connectivity index (χ1n) is 2.85. The fourth-order valence-electron chi connectivity index (χ4n) is 0.671. The molecule has 0 N–H and O–H groups in total. The van der Waals surface area contributed by atoms with Crippen molar-refractivity contribution in [3.8, 4) is 0 Å². The molecule has 1 aromatic rings. The summed E-state index contributed by atoms with van der Waals surface area (Å²) in [5.74, 6) is -2.16. The molecule has 1 rings (SSSR count). The van der Waals surface area contributed by atoms with Crippen molar-refractivity contribution in [1.82, 2.24) is 0 Å². The van der Waals surface area contributed by atoms with E-state index in [0.717, 1.165) is 12.1 Å². The summed E-state index contributed by atoms with van der Waals surface area (Å²) in [5, 5.41) is 10.1. The van der Waals surface area contributed by atoms with Gasteiger partial charge in [-0.3, -0.25) is 10.1 Å². The van der Waals surface area contributed by atoms with Crippen LogP contribution in [-0.2, 0) is 0 Å². The first-order valence-corrected chi connectivity index (χ1v) is 3.30. The van der Waals surface area contributed by atoms with Crippen molar-refractivity contribution in [2.75, 3.05) is 0 Å². The Balaban J connectivity index is 3.36. The van der Waals surface area contributed by atoms with Crippen LogP contribution in [0.2, 0.25) is 0 Å². The van der Waals surface area contributed by atoms with Gasteiger partial charge in [0.15, 0.2) is 0 Å². The van der Waals surface area contributed by atoms with E-state index in [1.54, 1.807) is 0 Å². The fourth-order valence-corrected chi connectivity index (χ4v) is 0.860. The summed E-state index contributed by atoms with van der Waals surface area (Å²) in [4.78, 5) is 8.52. The van der Waals surface area contributed by atoms with Crippen LogP contribution in [0.5, 0.6) is 0 Å². The third-order valence-electron chi connectivity index (χ3n) is 1.24. The summed E-state index contributed by atoms with van der Waals surface area (Å²) in [5.41, 5.74) is -0.776. The van der Waals surface area contributed by atoms with Gasteiger partial charge in [-0.05, 0) is 6.07 Å². The number of halogens is 2. The molecule has 64 valence electrons. The van der Waals surface area contributed by atoms with Gasteiger partial charge in [0, 0.05) is 6.07 Å². The van der Waals surface area contributed by atoms with Crippen LogP contribution >= 0.6 is 12.6 Å². The number of nitro groups is 1. The molecule has 0 aliphatic heterocycles. The van der Waals surface area contributed by atoms with Crippen molar-refractivity contribution in [3.63, 3.8) is 0 Å². The summed E-state index contributed by atoms with van der Waals surface area (Å²) >= 11 is 3.42. The topological polar surface area (TPSA) is 43.1 Å². The smallest absolute Gasteiger partial charge is 0.258 e. The minimum atomic E-state index is -1.25. The summed E-state index contributed by atoms with van der Waals surface area (Å²) in [6.07, 6.45) is 0. The van der Waals surface area contributed by atoms with Crippen molar-refractivity contribution in [3.05, 3.63) is 33.9 Å². The second-order valence-corrected chi connectivity index (χ2v) is 2.43. The van der Waals surface area contributed by atoms with E-state index in [-0.39, 0.29) is 0 Å². The van der Waals surface area contributed by atoms with Crippen molar-refractivity contribution >= 4 is 18.3 Å². The molecule has 0 radical (unpaired) electrons. The molecule has 6 heteroatoms. The minimum Gasteiger partial charge on any atom is -0.258 e. The Morgan fingerprint density at radius 1 is 1.42 bits per heavy atom. The lowest BCUT2D eigenvalue weighted by molar-refractivity contribution is -0.387. The van der Waals surface area contributed by atoms with Gasteiger partial charge in [0.25, 0.3) is 0 Å². The Labute approximate surface area is 71.6 Å². The minimum absolute atomic E-state index is 0.635. The van der Waals surface area contributed by atoms with Crippen molar-refractivity contribution in [1.29, 1.82) is 0 Å². The van der Waals surface area contributed by atoms with E-state index in [9.17, 15) is 18.9 Å². The summed E-state index contributed by atoms with van der Waals surface area (Å²) in [6, 6.07) is 1.55. The highest BCUT2D eigenvalue weighted by Crippen LogP contribution is 2.25. The first-order chi connectivity index (χ1) is 5.54. The molecule has 0 saturated heterocycles. The van der Waals surface area contributed by atoms with Crippen LogP contribution in [-0.4, -0.2) is 4.92 Å². The van der Waals surface area contributed by atoms with E-state index in [2.05, 4.69) is 12.6 Å². The molecule has 0 atom stereocenters. The largest absolute Gasteiger partial charge is 0.306 e. The van der Waals surface area contributed by atoms with Gasteiger partial charge in [0.05, 0.1) is 9.82 Å². The molecule has 3 nitrogen and oxygen atoms in total. The molecule has 0 aliphatic rings. The van der Waals surface area contributed by atoms with E-state index in [1.165, 1.54) is 0 Å². The van der Waals surface area contributed by atoms with E-state index in [1.807, 2.05) is 0 Å². The van der Waals surface area contributed by atoms with Crippen LogP contribution in [0.1, 0.15) is 0 Å². The van der Waals surface area contributed by atoms with Gasteiger partial charge in [0.2, 0.25) is 5.82 Å². The number of nitro benzene ring substituents is 1. The van der Waals surface area contributed by atoms with E-state index in [0.29, 0.717) is 0 Å². The predicted octanol–water partition coefficient (Wildman–Crippen LogP) is 2.16. The van der Waals surface area contributed by atoms with Gasteiger partial charge in [-0.25, -0.2) is 4.39 Å². The van der Waals surface area contributed by atoms with E-state index >= 15 is 0 Å². The molecular weight excluding hydrogens is 188 g/mol. The second-order valence-electron chi connectivity index (χ2n) is 1.99. The highest BCUT2D eigenvalue weighted by Gasteiger charge is 2.18. The number of thiol groups is 1. The molecular formula is C6H3F2NO2S. The SMILES string of the molecule is O=[N+]([O-])c1ccc(F)c(S)c1F. The quantitative estimate of drug-likeness (QED) is 0.420. The van der Waals surface area contributed by atoms with Crippen LogP contribution in [0.15, 0.2) is 17.0 Å². The van der Waals surface area contributed by atoms with Crippen LogP contribution < -0.4 is 0 Å². The molecule has 0 unspecified atom stereocenters. The second kappa shape index (κ2) is 3.06. The first kappa shape index (κ1) is 8.92. The Morgan fingerprint density at radius 3 is 2.50 bits per heavy atom. The molecule has 0 saturated carbocycles. The normalized spacial score (nSPS) is 9.92. The monoisotopic (exact) mass is 191 g/mol. The maximum Gasteiger partial charge on any atom is 0.306 e. The summed E-state index contributed by atoms with van der Waals surface area (Å²) in [6.45, 7) is 0. The Morgan fingerprint density at radius 2 is 2.00 bits per heavy atom. The third-order valence-corrected chi connectivity index (χ3v) is 1.65. The van der Waals surface area contributed by atoms with E-state index < -0.39 is 27.1 Å². The number of hydrogen-bond acceptors (Lipinski definition) is 3. The highest BCUT2D eigenvalue weighted by molar-refractivity contribution is 7.80. The van der Waals surface area contributed by atoms with Gasteiger partial charge in [-0.1, -0.05) is 0 Å². The third kappa shape index (κ3) is 1.38. The molecule has 0 aromatic heterocycles. The standard InChI is InChI=1S/C6H3F2NO2S/c7-3-1-2-4(9(10)11)5(8)6(3)12/h1-2,12H. The van der Waals surface area contributed by atoms with Crippen molar-refractivity contribution < 1.29 is 13.7 Å². The number of hydrogen-bond donors (Lipinski definition) is 1. The van der Waals surface area contributed by atoms with Crippen LogP contribution in [0.25, 0.3) is 0 Å².